The maximum absolute atomic E-state index is 13.2. The maximum atomic E-state index is 13.2. The fraction of sp³-hybridized carbons (Fsp3) is 0.348. The van der Waals surface area contributed by atoms with Crippen LogP contribution in [0.3, 0.4) is 0 Å². The van der Waals surface area contributed by atoms with Crippen LogP contribution in [-0.4, -0.2) is 34.2 Å². The van der Waals surface area contributed by atoms with Gasteiger partial charge in [-0.15, -0.1) is 0 Å². The molecule has 0 N–H and O–H groups in total. The Morgan fingerprint density at radius 1 is 1.19 bits per heavy atom. The molecule has 0 aliphatic carbocycles. The van der Waals surface area contributed by atoms with E-state index in [4.69, 9.17) is 14.0 Å². The molecule has 3 aromatic rings. The van der Waals surface area contributed by atoms with Gasteiger partial charge in [0.15, 0.2) is 11.5 Å². The Labute approximate surface area is 179 Å². The molecule has 0 saturated carbocycles. The largest absolute Gasteiger partial charge is 0.493 e. The van der Waals surface area contributed by atoms with Crippen LogP contribution in [0.5, 0.6) is 11.5 Å². The summed E-state index contributed by atoms with van der Waals surface area (Å²) in [6.07, 6.45) is 1.01. The first-order chi connectivity index (χ1) is 14.9. The molecule has 1 amide bonds. The average Bonchev–Trinajstić information content (AvgIpc) is 3.37. The number of rotatable bonds is 7. The van der Waals surface area contributed by atoms with Gasteiger partial charge in [-0.05, 0) is 56.2 Å². The molecular weight excluding hydrogens is 401 g/mol. The molecular formula is C23H24FN3O4. The monoisotopic (exact) mass is 425 g/mol. The fourth-order valence-electron chi connectivity index (χ4n) is 3.62. The molecule has 0 radical (unpaired) electrons. The molecule has 1 aliphatic rings. The molecule has 2 heterocycles. The van der Waals surface area contributed by atoms with Gasteiger partial charge < -0.3 is 18.9 Å². The molecule has 1 aromatic heterocycles. The number of halogens is 1. The molecule has 4 rings (SSSR count). The van der Waals surface area contributed by atoms with E-state index in [-0.39, 0.29) is 23.9 Å². The van der Waals surface area contributed by atoms with Crippen LogP contribution in [0.15, 0.2) is 47.0 Å². The van der Waals surface area contributed by atoms with Crippen molar-refractivity contribution in [2.24, 2.45) is 0 Å². The number of likely N-dealkylation sites (tertiary alicyclic amines) is 1. The third kappa shape index (κ3) is 4.52. The maximum Gasteiger partial charge on any atom is 0.249 e. The first kappa shape index (κ1) is 20.8. The van der Waals surface area contributed by atoms with Crippen molar-refractivity contribution in [3.8, 4) is 22.9 Å². The van der Waals surface area contributed by atoms with Crippen LogP contribution in [-0.2, 0) is 11.3 Å². The summed E-state index contributed by atoms with van der Waals surface area (Å²) in [6, 6.07) is 11.2. The molecule has 162 valence electrons. The third-order valence-electron chi connectivity index (χ3n) is 5.11. The van der Waals surface area contributed by atoms with Crippen LogP contribution in [0.2, 0.25) is 0 Å². The van der Waals surface area contributed by atoms with E-state index in [0.717, 1.165) is 11.1 Å². The van der Waals surface area contributed by atoms with Crippen molar-refractivity contribution in [1.82, 2.24) is 15.0 Å². The van der Waals surface area contributed by atoms with Gasteiger partial charge in [-0.2, -0.15) is 4.98 Å². The Morgan fingerprint density at radius 3 is 2.68 bits per heavy atom. The number of carbonyl (C=O) groups is 1. The predicted octanol–water partition coefficient (Wildman–Crippen LogP) is 4.54. The highest BCUT2D eigenvalue weighted by Gasteiger charge is 2.36. The number of nitrogens with zero attached hydrogens (tertiary/aromatic N) is 3. The van der Waals surface area contributed by atoms with Crippen LogP contribution in [0.4, 0.5) is 4.39 Å². The molecule has 0 spiro atoms. The summed E-state index contributed by atoms with van der Waals surface area (Å²) >= 11 is 0. The number of methoxy groups -OCH3 is 1. The first-order valence-electron chi connectivity index (χ1n) is 10.2. The van der Waals surface area contributed by atoms with Gasteiger partial charge in [-0.1, -0.05) is 17.3 Å². The standard InChI is InChI=1S/C23H24FN3O4/c1-14(2)30-19-10-6-16(12-20(19)29-3)22-25-23(31-26-22)18-9-11-21(28)27(18)13-15-4-7-17(24)8-5-15/h4-8,10,12,14,18H,9,11,13H2,1-3H3. The molecule has 8 heteroatoms. The van der Waals surface area contributed by atoms with E-state index in [9.17, 15) is 9.18 Å². The molecule has 2 aromatic carbocycles. The smallest absolute Gasteiger partial charge is 0.249 e. The summed E-state index contributed by atoms with van der Waals surface area (Å²) in [6.45, 7) is 4.25. The van der Waals surface area contributed by atoms with Gasteiger partial charge >= 0.3 is 0 Å². The summed E-state index contributed by atoms with van der Waals surface area (Å²) in [5, 5.41) is 4.11. The lowest BCUT2D eigenvalue weighted by atomic mass is 10.1. The Kier molecular flexibility index (Phi) is 5.88. The second-order valence-electron chi connectivity index (χ2n) is 7.69. The summed E-state index contributed by atoms with van der Waals surface area (Å²) in [7, 11) is 1.57. The second kappa shape index (κ2) is 8.75. The van der Waals surface area contributed by atoms with Crippen molar-refractivity contribution in [3.63, 3.8) is 0 Å². The topological polar surface area (TPSA) is 77.7 Å². The van der Waals surface area contributed by atoms with Crippen molar-refractivity contribution in [2.45, 2.75) is 45.4 Å². The zero-order valence-electron chi connectivity index (χ0n) is 17.7. The van der Waals surface area contributed by atoms with Crippen LogP contribution in [0.25, 0.3) is 11.4 Å². The SMILES string of the molecule is COc1cc(-c2noc(C3CCC(=O)N3Cc3ccc(F)cc3)n2)ccc1OC(C)C. The lowest BCUT2D eigenvalue weighted by molar-refractivity contribution is -0.129. The minimum atomic E-state index is -0.316. The lowest BCUT2D eigenvalue weighted by Gasteiger charge is -2.22. The highest BCUT2D eigenvalue weighted by molar-refractivity contribution is 5.78. The van der Waals surface area contributed by atoms with Gasteiger partial charge in [-0.25, -0.2) is 4.39 Å². The summed E-state index contributed by atoms with van der Waals surface area (Å²) < 4.78 is 29.9. The van der Waals surface area contributed by atoms with Gasteiger partial charge in [0, 0.05) is 18.5 Å². The van der Waals surface area contributed by atoms with E-state index in [1.165, 1.54) is 12.1 Å². The first-order valence-corrected chi connectivity index (χ1v) is 10.2. The van der Waals surface area contributed by atoms with E-state index in [1.807, 2.05) is 26.0 Å². The quantitative estimate of drug-likeness (QED) is 0.553. The second-order valence-corrected chi connectivity index (χ2v) is 7.69. The van der Waals surface area contributed by atoms with E-state index >= 15 is 0 Å². The van der Waals surface area contributed by atoms with Crippen LogP contribution < -0.4 is 9.47 Å². The van der Waals surface area contributed by atoms with Gasteiger partial charge in [0.05, 0.1) is 13.2 Å². The Balaban J connectivity index is 1.56. The van der Waals surface area contributed by atoms with Gasteiger partial charge in [0.1, 0.15) is 11.9 Å². The number of hydrogen-bond acceptors (Lipinski definition) is 6. The number of hydrogen-bond donors (Lipinski definition) is 0. The fourth-order valence-corrected chi connectivity index (χ4v) is 3.62. The van der Waals surface area contributed by atoms with Gasteiger partial charge in [0.25, 0.3) is 0 Å². The van der Waals surface area contributed by atoms with E-state index in [2.05, 4.69) is 10.1 Å². The molecule has 0 bridgehead atoms. The highest BCUT2D eigenvalue weighted by atomic mass is 19.1. The van der Waals surface area contributed by atoms with E-state index in [0.29, 0.717) is 42.6 Å². The van der Waals surface area contributed by atoms with Crippen molar-refractivity contribution in [3.05, 3.63) is 59.7 Å². The Morgan fingerprint density at radius 2 is 1.97 bits per heavy atom. The van der Waals surface area contributed by atoms with E-state index < -0.39 is 0 Å². The summed E-state index contributed by atoms with van der Waals surface area (Å²) in [5.41, 5.74) is 1.56. The molecule has 31 heavy (non-hydrogen) atoms. The Bertz CT molecular complexity index is 1060. The molecule has 1 saturated heterocycles. The molecule has 7 nitrogen and oxygen atoms in total. The number of carbonyl (C=O) groups excluding carboxylic acids is 1. The number of ether oxygens (including phenoxy) is 2. The zero-order valence-corrected chi connectivity index (χ0v) is 17.7. The van der Waals surface area contributed by atoms with Crippen molar-refractivity contribution in [2.75, 3.05) is 7.11 Å². The van der Waals surface area contributed by atoms with Crippen molar-refractivity contribution in [1.29, 1.82) is 0 Å². The van der Waals surface area contributed by atoms with Crippen molar-refractivity contribution < 1.29 is 23.2 Å². The summed E-state index contributed by atoms with van der Waals surface area (Å²) in [4.78, 5) is 18.7. The van der Waals surface area contributed by atoms with Crippen LogP contribution >= 0.6 is 0 Å². The van der Waals surface area contributed by atoms with Crippen LogP contribution in [0.1, 0.15) is 44.2 Å². The number of benzene rings is 2. The average molecular weight is 425 g/mol. The molecule has 1 fully saturated rings. The highest BCUT2D eigenvalue weighted by Crippen LogP contribution is 2.36. The van der Waals surface area contributed by atoms with E-state index in [1.54, 1.807) is 30.2 Å². The molecule has 1 atom stereocenters. The summed E-state index contributed by atoms with van der Waals surface area (Å²) in [5.74, 6) is 1.69. The minimum absolute atomic E-state index is 0.00549. The number of amides is 1. The minimum Gasteiger partial charge on any atom is -0.493 e. The van der Waals surface area contributed by atoms with Crippen LogP contribution in [0, 0.1) is 5.82 Å². The van der Waals surface area contributed by atoms with Gasteiger partial charge in [-0.3, -0.25) is 4.79 Å². The number of aromatic nitrogens is 2. The van der Waals surface area contributed by atoms with Gasteiger partial charge in [0.2, 0.25) is 17.6 Å². The normalized spacial score (nSPS) is 16.2. The Hall–Kier alpha value is -3.42. The predicted molar refractivity (Wildman–Crippen MR) is 111 cm³/mol. The molecule has 1 aliphatic heterocycles. The lowest BCUT2D eigenvalue weighted by Crippen LogP contribution is -2.27. The van der Waals surface area contributed by atoms with Crippen molar-refractivity contribution >= 4 is 5.91 Å². The molecule has 1 unspecified atom stereocenters. The zero-order chi connectivity index (χ0) is 22.0. The third-order valence-corrected chi connectivity index (χ3v) is 5.11.